The number of hydrogen-bond acceptors (Lipinski definition) is 4. The molecule has 0 saturated carbocycles. The van der Waals surface area contributed by atoms with Crippen molar-refractivity contribution in [3.8, 4) is 5.88 Å². The van der Waals surface area contributed by atoms with Gasteiger partial charge in [0, 0.05) is 18.7 Å². The molecule has 1 aliphatic heterocycles. The zero-order valence-electron chi connectivity index (χ0n) is 12.7. The van der Waals surface area contributed by atoms with Gasteiger partial charge < -0.3 is 15.0 Å². The molecular formula is C14H26N4O. The van der Waals surface area contributed by atoms with Crippen LogP contribution in [0.3, 0.4) is 0 Å². The summed E-state index contributed by atoms with van der Waals surface area (Å²) in [6.45, 7) is 10.2. The maximum Gasteiger partial charge on any atom is 0.215 e. The summed E-state index contributed by atoms with van der Waals surface area (Å²) >= 11 is 0. The fourth-order valence-corrected chi connectivity index (χ4v) is 2.23. The third-order valence-electron chi connectivity index (χ3n) is 3.41. The Hall–Kier alpha value is -1.07. The van der Waals surface area contributed by atoms with Gasteiger partial charge in [-0.25, -0.2) is 4.68 Å². The standard InChI is InChI=1S/C14H26N4O/c1-14(2,3)12-8-16-18-9-11(10-19-13(12)18)15-6-7-17(4)5/h8,11,15H,6-7,9-10H2,1-5H3. The van der Waals surface area contributed by atoms with E-state index in [0.717, 1.165) is 32.1 Å². The lowest BCUT2D eigenvalue weighted by Gasteiger charge is -2.28. The first-order chi connectivity index (χ1) is 8.88. The minimum Gasteiger partial charge on any atom is -0.476 e. The van der Waals surface area contributed by atoms with Crippen molar-refractivity contribution >= 4 is 0 Å². The van der Waals surface area contributed by atoms with Gasteiger partial charge in [0.1, 0.15) is 6.61 Å². The van der Waals surface area contributed by atoms with E-state index in [1.165, 1.54) is 5.56 Å². The van der Waals surface area contributed by atoms with E-state index < -0.39 is 0 Å². The number of fused-ring (bicyclic) bond motifs is 1. The van der Waals surface area contributed by atoms with Crippen molar-refractivity contribution in [3.63, 3.8) is 0 Å². The Morgan fingerprint density at radius 1 is 1.47 bits per heavy atom. The summed E-state index contributed by atoms with van der Waals surface area (Å²) in [5.74, 6) is 0.943. The number of hydrogen-bond donors (Lipinski definition) is 1. The van der Waals surface area contributed by atoms with Gasteiger partial charge in [-0.3, -0.25) is 0 Å². The Balaban J connectivity index is 1.96. The minimum absolute atomic E-state index is 0.0821. The first kappa shape index (κ1) is 14.3. The molecule has 0 radical (unpaired) electrons. The first-order valence-corrected chi connectivity index (χ1v) is 6.95. The molecule has 1 aromatic rings. The lowest BCUT2D eigenvalue weighted by Crippen LogP contribution is -2.44. The van der Waals surface area contributed by atoms with E-state index in [1.807, 2.05) is 10.9 Å². The molecule has 2 rings (SSSR count). The summed E-state index contributed by atoms with van der Waals surface area (Å²) < 4.78 is 7.90. The molecule has 5 heteroatoms. The lowest BCUT2D eigenvalue weighted by atomic mass is 9.89. The molecule has 0 saturated heterocycles. The van der Waals surface area contributed by atoms with E-state index in [2.05, 4.69) is 50.2 Å². The summed E-state index contributed by atoms with van der Waals surface area (Å²) in [6, 6.07) is 0.347. The summed E-state index contributed by atoms with van der Waals surface area (Å²) in [5.41, 5.74) is 1.28. The SMILES string of the molecule is CN(C)CCNC1COc2c(C(C)(C)C)cnn2C1. The van der Waals surface area contributed by atoms with Gasteiger partial charge >= 0.3 is 0 Å². The number of aromatic nitrogens is 2. The number of nitrogens with zero attached hydrogens (tertiary/aromatic N) is 3. The van der Waals surface area contributed by atoms with Crippen molar-refractivity contribution in [1.82, 2.24) is 20.0 Å². The molecule has 2 heterocycles. The molecule has 1 aromatic heterocycles. The van der Waals surface area contributed by atoms with Gasteiger partial charge in [0.15, 0.2) is 0 Å². The van der Waals surface area contributed by atoms with Crippen molar-refractivity contribution in [2.24, 2.45) is 0 Å². The highest BCUT2D eigenvalue weighted by Crippen LogP contribution is 2.32. The third-order valence-corrected chi connectivity index (χ3v) is 3.41. The quantitative estimate of drug-likeness (QED) is 0.886. The number of likely N-dealkylation sites (N-methyl/N-ethyl adjacent to an activating group) is 1. The van der Waals surface area contributed by atoms with E-state index in [1.54, 1.807) is 0 Å². The molecule has 5 nitrogen and oxygen atoms in total. The van der Waals surface area contributed by atoms with Crippen LogP contribution < -0.4 is 10.1 Å². The molecule has 108 valence electrons. The smallest absolute Gasteiger partial charge is 0.215 e. The average molecular weight is 266 g/mol. The summed E-state index contributed by atoms with van der Waals surface area (Å²) in [7, 11) is 4.17. The summed E-state index contributed by atoms with van der Waals surface area (Å²) in [5, 5.41) is 7.97. The molecule has 19 heavy (non-hydrogen) atoms. The normalized spacial score (nSPS) is 19.4. The van der Waals surface area contributed by atoms with Crippen molar-refractivity contribution in [1.29, 1.82) is 0 Å². The summed E-state index contributed by atoms with van der Waals surface area (Å²) in [6.07, 6.45) is 1.94. The van der Waals surface area contributed by atoms with Crippen LogP contribution in [0.1, 0.15) is 26.3 Å². The van der Waals surface area contributed by atoms with Crippen LogP contribution in [-0.4, -0.2) is 54.5 Å². The highest BCUT2D eigenvalue weighted by atomic mass is 16.5. The Kier molecular flexibility index (Phi) is 4.16. The average Bonchev–Trinajstić information content (AvgIpc) is 2.71. The van der Waals surface area contributed by atoms with Crippen LogP contribution in [0.2, 0.25) is 0 Å². The van der Waals surface area contributed by atoms with E-state index in [-0.39, 0.29) is 5.41 Å². The number of rotatable bonds is 4. The van der Waals surface area contributed by atoms with E-state index >= 15 is 0 Å². The molecule has 0 amide bonds. The maximum absolute atomic E-state index is 5.92. The molecule has 1 unspecified atom stereocenters. The molecule has 0 fully saturated rings. The van der Waals surface area contributed by atoms with Crippen LogP contribution in [0.5, 0.6) is 5.88 Å². The second-order valence-electron chi connectivity index (χ2n) is 6.56. The molecule has 1 aliphatic rings. The van der Waals surface area contributed by atoms with Crippen molar-refractivity contribution in [2.45, 2.75) is 38.8 Å². The molecular weight excluding hydrogens is 240 g/mol. The van der Waals surface area contributed by atoms with Gasteiger partial charge in [0.05, 0.1) is 18.8 Å². The third kappa shape index (κ3) is 3.48. The first-order valence-electron chi connectivity index (χ1n) is 6.95. The van der Waals surface area contributed by atoms with Crippen molar-refractivity contribution in [3.05, 3.63) is 11.8 Å². The van der Waals surface area contributed by atoms with Gasteiger partial charge in [0.2, 0.25) is 5.88 Å². The minimum atomic E-state index is 0.0821. The van der Waals surface area contributed by atoms with E-state index in [0.29, 0.717) is 6.04 Å². The highest BCUT2D eigenvalue weighted by molar-refractivity contribution is 5.32. The van der Waals surface area contributed by atoms with Crippen LogP contribution in [0.4, 0.5) is 0 Å². The topological polar surface area (TPSA) is 42.3 Å². The van der Waals surface area contributed by atoms with Gasteiger partial charge in [0.25, 0.3) is 0 Å². The van der Waals surface area contributed by atoms with E-state index in [4.69, 9.17) is 4.74 Å². The molecule has 0 spiro atoms. The second kappa shape index (κ2) is 5.51. The van der Waals surface area contributed by atoms with E-state index in [9.17, 15) is 0 Å². The second-order valence-corrected chi connectivity index (χ2v) is 6.56. The molecule has 0 aromatic carbocycles. The fraction of sp³-hybridized carbons (Fsp3) is 0.786. The number of ether oxygens (including phenoxy) is 1. The Labute approximate surface area is 115 Å². The van der Waals surface area contributed by atoms with Crippen LogP contribution in [-0.2, 0) is 12.0 Å². The van der Waals surface area contributed by atoms with Gasteiger partial charge in [-0.1, -0.05) is 20.8 Å². The summed E-state index contributed by atoms with van der Waals surface area (Å²) in [4.78, 5) is 2.17. The highest BCUT2D eigenvalue weighted by Gasteiger charge is 2.28. The monoisotopic (exact) mass is 266 g/mol. The van der Waals surface area contributed by atoms with Gasteiger partial charge in [-0.2, -0.15) is 5.10 Å². The fourth-order valence-electron chi connectivity index (χ4n) is 2.23. The van der Waals surface area contributed by atoms with Crippen LogP contribution in [0.25, 0.3) is 0 Å². The predicted octanol–water partition coefficient (Wildman–Crippen LogP) is 1.09. The van der Waals surface area contributed by atoms with Crippen LogP contribution in [0, 0.1) is 0 Å². The Morgan fingerprint density at radius 3 is 2.84 bits per heavy atom. The molecule has 1 N–H and O–H groups in total. The number of nitrogens with one attached hydrogen (secondary N) is 1. The van der Waals surface area contributed by atoms with Crippen molar-refractivity contribution < 1.29 is 4.74 Å². The van der Waals surface area contributed by atoms with Crippen molar-refractivity contribution in [2.75, 3.05) is 33.8 Å². The Morgan fingerprint density at radius 2 is 2.21 bits per heavy atom. The molecule has 0 bridgehead atoms. The zero-order valence-corrected chi connectivity index (χ0v) is 12.7. The molecule has 0 aliphatic carbocycles. The predicted molar refractivity (Wildman–Crippen MR) is 76.8 cm³/mol. The van der Waals surface area contributed by atoms with Crippen LogP contribution in [0.15, 0.2) is 6.20 Å². The van der Waals surface area contributed by atoms with Gasteiger partial charge in [-0.05, 0) is 19.5 Å². The van der Waals surface area contributed by atoms with Crippen LogP contribution >= 0.6 is 0 Å². The maximum atomic E-state index is 5.92. The molecule has 1 atom stereocenters. The zero-order chi connectivity index (χ0) is 14.0. The Bertz CT molecular complexity index is 420. The largest absolute Gasteiger partial charge is 0.476 e. The van der Waals surface area contributed by atoms with Gasteiger partial charge in [-0.15, -0.1) is 0 Å². The lowest BCUT2D eigenvalue weighted by molar-refractivity contribution is 0.178.